The minimum Gasteiger partial charge on any atom is -0.496 e. The Bertz CT molecular complexity index is 621. The number of halogens is 3. The van der Waals surface area contributed by atoms with E-state index in [9.17, 15) is 13.6 Å². The van der Waals surface area contributed by atoms with Gasteiger partial charge in [0.05, 0.1) is 12.7 Å². The summed E-state index contributed by atoms with van der Waals surface area (Å²) in [5, 5.41) is 0. The van der Waals surface area contributed by atoms with E-state index in [-0.39, 0.29) is 11.1 Å². The molecule has 0 saturated heterocycles. The Morgan fingerprint density at radius 1 is 1.11 bits per heavy atom. The molecule has 0 saturated carbocycles. The summed E-state index contributed by atoms with van der Waals surface area (Å²) in [5.41, 5.74) is 0.234. The van der Waals surface area contributed by atoms with Gasteiger partial charge in [0.1, 0.15) is 17.4 Å². The maximum absolute atomic E-state index is 13.1. The summed E-state index contributed by atoms with van der Waals surface area (Å²) < 4.78 is 32.2. The van der Waals surface area contributed by atoms with E-state index in [1.54, 1.807) is 18.2 Å². The van der Waals surface area contributed by atoms with Crippen LogP contribution in [-0.4, -0.2) is 12.9 Å². The zero-order chi connectivity index (χ0) is 14.0. The zero-order valence-corrected chi connectivity index (χ0v) is 12.1. The molecule has 2 aromatic carbocycles. The van der Waals surface area contributed by atoms with E-state index < -0.39 is 17.4 Å². The first-order valence-corrected chi connectivity index (χ1v) is 6.43. The Balaban J connectivity index is 2.52. The van der Waals surface area contributed by atoms with Gasteiger partial charge in [0.25, 0.3) is 0 Å². The lowest BCUT2D eigenvalue weighted by atomic mass is 10.0. The second-order valence-electron chi connectivity index (χ2n) is 3.83. The first-order valence-electron chi connectivity index (χ1n) is 5.35. The van der Waals surface area contributed by atoms with Gasteiger partial charge in [-0.15, -0.1) is 0 Å². The quantitative estimate of drug-likeness (QED) is 0.604. The summed E-state index contributed by atoms with van der Waals surface area (Å²) in [7, 11) is 1.44. The molecule has 0 fully saturated rings. The van der Waals surface area contributed by atoms with E-state index in [4.69, 9.17) is 4.74 Å². The number of methoxy groups -OCH3 is 1. The lowest BCUT2D eigenvalue weighted by Gasteiger charge is -2.08. The summed E-state index contributed by atoms with van der Waals surface area (Å²) in [5.74, 6) is -1.68. The number of carbonyl (C=O) groups is 1. The molecular formula is C14H9F2IO2. The van der Waals surface area contributed by atoms with Crippen LogP contribution in [0.15, 0.2) is 36.4 Å². The second-order valence-corrected chi connectivity index (χ2v) is 5.08. The van der Waals surface area contributed by atoms with Crippen LogP contribution in [0.3, 0.4) is 0 Å². The number of ether oxygens (including phenoxy) is 1. The van der Waals surface area contributed by atoms with Gasteiger partial charge in [-0.05, 0) is 52.9 Å². The van der Waals surface area contributed by atoms with Crippen LogP contribution in [0.4, 0.5) is 8.78 Å². The molecule has 0 radical (unpaired) electrons. The molecule has 0 unspecified atom stereocenters. The van der Waals surface area contributed by atoms with Crippen LogP contribution < -0.4 is 4.74 Å². The molecule has 0 bridgehead atoms. The van der Waals surface area contributed by atoms with E-state index in [0.29, 0.717) is 5.75 Å². The third kappa shape index (κ3) is 3.09. The molecule has 5 heteroatoms. The molecule has 19 heavy (non-hydrogen) atoms. The van der Waals surface area contributed by atoms with Gasteiger partial charge in [-0.25, -0.2) is 8.78 Å². The molecule has 0 N–H and O–H groups in total. The first kappa shape index (κ1) is 13.9. The molecule has 2 aromatic rings. The van der Waals surface area contributed by atoms with Crippen LogP contribution >= 0.6 is 22.6 Å². The zero-order valence-electron chi connectivity index (χ0n) is 9.91. The Morgan fingerprint density at radius 2 is 1.74 bits per heavy atom. The van der Waals surface area contributed by atoms with Gasteiger partial charge in [0, 0.05) is 15.2 Å². The van der Waals surface area contributed by atoms with Crippen LogP contribution in [0.25, 0.3) is 0 Å². The highest BCUT2D eigenvalue weighted by Crippen LogP contribution is 2.24. The maximum Gasteiger partial charge on any atom is 0.196 e. The number of rotatable bonds is 3. The number of ketones is 1. The second kappa shape index (κ2) is 5.64. The van der Waals surface area contributed by atoms with Crippen LogP contribution in [-0.2, 0) is 0 Å². The van der Waals surface area contributed by atoms with Gasteiger partial charge < -0.3 is 4.74 Å². The van der Waals surface area contributed by atoms with Crippen molar-refractivity contribution >= 4 is 28.4 Å². The number of carbonyl (C=O) groups excluding carboxylic acids is 1. The molecular weight excluding hydrogens is 365 g/mol. The highest BCUT2D eigenvalue weighted by atomic mass is 127. The van der Waals surface area contributed by atoms with Crippen molar-refractivity contribution in [1.82, 2.24) is 0 Å². The minimum absolute atomic E-state index is 0.0437. The molecule has 0 atom stereocenters. The number of hydrogen-bond donors (Lipinski definition) is 0. The van der Waals surface area contributed by atoms with E-state index in [2.05, 4.69) is 0 Å². The number of hydrogen-bond acceptors (Lipinski definition) is 2. The molecule has 2 rings (SSSR count). The van der Waals surface area contributed by atoms with Crippen molar-refractivity contribution in [2.45, 2.75) is 0 Å². The summed E-state index contributed by atoms with van der Waals surface area (Å²) in [6, 6.07) is 7.77. The fourth-order valence-corrected chi connectivity index (χ4v) is 2.19. The van der Waals surface area contributed by atoms with Crippen molar-refractivity contribution in [2.75, 3.05) is 7.11 Å². The third-order valence-electron chi connectivity index (χ3n) is 2.53. The standard InChI is InChI=1S/C14H9F2IO2/c1-19-13-3-2-11(17)7-12(13)14(18)8-4-9(15)6-10(16)5-8/h2-7H,1H3. The highest BCUT2D eigenvalue weighted by molar-refractivity contribution is 14.1. The highest BCUT2D eigenvalue weighted by Gasteiger charge is 2.16. The molecule has 0 aromatic heterocycles. The lowest BCUT2D eigenvalue weighted by molar-refractivity contribution is 0.103. The van der Waals surface area contributed by atoms with E-state index in [1.807, 2.05) is 22.6 Å². The van der Waals surface area contributed by atoms with Crippen LogP contribution in [0.2, 0.25) is 0 Å². The molecule has 0 aliphatic heterocycles. The van der Waals surface area contributed by atoms with Crippen LogP contribution in [0, 0.1) is 15.2 Å². The molecule has 0 aliphatic carbocycles. The lowest BCUT2D eigenvalue weighted by Crippen LogP contribution is -2.05. The van der Waals surface area contributed by atoms with Gasteiger partial charge >= 0.3 is 0 Å². The Kier molecular flexibility index (Phi) is 4.14. The summed E-state index contributed by atoms with van der Waals surface area (Å²) in [6.07, 6.45) is 0. The fraction of sp³-hybridized carbons (Fsp3) is 0.0714. The first-order chi connectivity index (χ1) is 9.01. The molecule has 0 amide bonds. The van der Waals surface area contributed by atoms with Crippen molar-refractivity contribution in [3.63, 3.8) is 0 Å². The molecule has 0 aliphatic rings. The topological polar surface area (TPSA) is 26.3 Å². The monoisotopic (exact) mass is 374 g/mol. The molecule has 0 heterocycles. The van der Waals surface area contributed by atoms with Crippen molar-refractivity contribution in [2.24, 2.45) is 0 Å². The average molecular weight is 374 g/mol. The summed E-state index contributed by atoms with van der Waals surface area (Å²) in [6.45, 7) is 0. The third-order valence-corrected chi connectivity index (χ3v) is 3.20. The van der Waals surface area contributed by atoms with Crippen molar-refractivity contribution in [1.29, 1.82) is 0 Å². The largest absolute Gasteiger partial charge is 0.496 e. The Morgan fingerprint density at radius 3 is 2.32 bits per heavy atom. The van der Waals surface area contributed by atoms with Gasteiger partial charge in [0.2, 0.25) is 0 Å². The molecule has 0 spiro atoms. The van der Waals surface area contributed by atoms with Gasteiger partial charge in [-0.1, -0.05) is 0 Å². The van der Waals surface area contributed by atoms with Crippen molar-refractivity contribution in [3.05, 3.63) is 62.7 Å². The minimum atomic E-state index is -0.784. The molecule has 98 valence electrons. The van der Waals surface area contributed by atoms with Gasteiger partial charge in [0.15, 0.2) is 5.78 Å². The van der Waals surface area contributed by atoms with Gasteiger partial charge in [-0.2, -0.15) is 0 Å². The SMILES string of the molecule is COc1ccc(I)cc1C(=O)c1cc(F)cc(F)c1. The Labute approximate surface area is 122 Å². The van der Waals surface area contributed by atoms with Crippen LogP contribution in [0.5, 0.6) is 5.75 Å². The van der Waals surface area contributed by atoms with Crippen molar-refractivity contribution < 1.29 is 18.3 Å². The van der Waals surface area contributed by atoms with Crippen LogP contribution in [0.1, 0.15) is 15.9 Å². The van der Waals surface area contributed by atoms with E-state index >= 15 is 0 Å². The predicted molar refractivity (Wildman–Crippen MR) is 75.5 cm³/mol. The van der Waals surface area contributed by atoms with Gasteiger partial charge in [-0.3, -0.25) is 4.79 Å². The molecule has 2 nitrogen and oxygen atoms in total. The normalized spacial score (nSPS) is 10.3. The van der Waals surface area contributed by atoms with E-state index in [0.717, 1.165) is 21.8 Å². The average Bonchev–Trinajstić information content (AvgIpc) is 2.36. The number of benzene rings is 2. The maximum atomic E-state index is 13.1. The predicted octanol–water partition coefficient (Wildman–Crippen LogP) is 3.81. The summed E-state index contributed by atoms with van der Waals surface area (Å²) >= 11 is 2.05. The summed E-state index contributed by atoms with van der Waals surface area (Å²) in [4.78, 5) is 12.3. The van der Waals surface area contributed by atoms with Crippen molar-refractivity contribution in [3.8, 4) is 5.75 Å². The Hall–Kier alpha value is -1.50. The fourth-order valence-electron chi connectivity index (χ4n) is 1.70. The smallest absolute Gasteiger partial charge is 0.196 e. The van der Waals surface area contributed by atoms with E-state index in [1.165, 1.54) is 7.11 Å².